The Bertz CT molecular complexity index is 1060. The maximum Gasteiger partial charge on any atom is 0.225 e. The molecule has 0 radical (unpaired) electrons. The molecule has 1 aromatic carbocycles. The third kappa shape index (κ3) is 3.58. The molecule has 0 N–H and O–H groups in total. The van der Waals surface area contributed by atoms with Crippen LogP contribution in [0.4, 0.5) is 16.0 Å². The molecule has 0 saturated carbocycles. The Balaban J connectivity index is 1.35. The Labute approximate surface area is 179 Å². The standard InChI is InChI=1S/C23H23FN4OS/c1-15-22-19(13-16(14-20(22)29)21-3-2-12-30-21)26-23(25-15)28-10-8-27(9-11-28)18-6-4-17(24)5-7-18/h2-7,12,16H,8-11,13-14H2,1H3. The van der Waals surface area contributed by atoms with Gasteiger partial charge in [-0.1, -0.05) is 6.07 Å². The number of thiophene rings is 1. The van der Waals surface area contributed by atoms with Crippen LogP contribution in [0.5, 0.6) is 0 Å². The van der Waals surface area contributed by atoms with Gasteiger partial charge in [-0.25, -0.2) is 14.4 Å². The van der Waals surface area contributed by atoms with E-state index in [9.17, 15) is 9.18 Å². The van der Waals surface area contributed by atoms with Crippen LogP contribution in [0, 0.1) is 12.7 Å². The van der Waals surface area contributed by atoms with Crippen molar-refractivity contribution in [3.8, 4) is 0 Å². The van der Waals surface area contributed by atoms with E-state index in [1.54, 1.807) is 11.3 Å². The number of ketones is 1. The summed E-state index contributed by atoms with van der Waals surface area (Å²) < 4.78 is 13.2. The summed E-state index contributed by atoms with van der Waals surface area (Å²) in [6, 6.07) is 10.8. The van der Waals surface area contributed by atoms with Gasteiger partial charge in [-0.3, -0.25) is 4.79 Å². The second-order valence-electron chi connectivity index (χ2n) is 7.92. The average Bonchev–Trinajstić information content (AvgIpc) is 3.29. The summed E-state index contributed by atoms with van der Waals surface area (Å²) >= 11 is 1.71. The number of Topliss-reactive ketones (excluding diaryl/α,β-unsaturated/α-hetero) is 1. The van der Waals surface area contributed by atoms with Crippen LogP contribution in [0.3, 0.4) is 0 Å². The topological polar surface area (TPSA) is 49.3 Å². The molecule has 30 heavy (non-hydrogen) atoms. The Morgan fingerprint density at radius 1 is 1.00 bits per heavy atom. The van der Waals surface area contributed by atoms with E-state index in [0.717, 1.165) is 55.2 Å². The van der Waals surface area contributed by atoms with Crippen LogP contribution >= 0.6 is 11.3 Å². The Kier molecular flexibility index (Phi) is 4.98. The maximum absolute atomic E-state index is 13.2. The van der Waals surface area contributed by atoms with Gasteiger partial charge in [0.05, 0.1) is 17.0 Å². The van der Waals surface area contributed by atoms with E-state index in [4.69, 9.17) is 4.98 Å². The molecule has 1 unspecified atom stereocenters. The lowest BCUT2D eigenvalue weighted by atomic mass is 9.84. The molecule has 2 aromatic heterocycles. The fraction of sp³-hybridized carbons (Fsp3) is 0.348. The Hall–Kier alpha value is -2.80. The molecule has 7 heteroatoms. The Morgan fingerprint density at radius 2 is 1.73 bits per heavy atom. The van der Waals surface area contributed by atoms with Crippen LogP contribution in [0.15, 0.2) is 41.8 Å². The van der Waals surface area contributed by atoms with E-state index in [1.165, 1.54) is 17.0 Å². The predicted molar refractivity (Wildman–Crippen MR) is 117 cm³/mol. The quantitative estimate of drug-likeness (QED) is 0.632. The second kappa shape index (κ2) is 7.80. The summed E-state index contributed by atoms with van der Waals surface area (Å²) in [5.41, 5.74) is 3.41. The van der Waals surface area contributed by atoms with E-state index < -0.39 is 0 Å². The zero-order valence-electron chi connectivity index (χ0n) is 16.8. The number of carbonyl (C=O) groups excluding carboxylic acids is 1. The molecule has 1 atom stereocenters. The second-order valence-corrected chi connectivity index (χ2v) is 8.90. The van der Waals surface area contributed by atoms with Crippen LogP contribution in [-0.4, -0.2) is 41.9 Å². The number of hydrogen-bond donors (Lipinski definition) is 0. The number of fused-ring (bicyclic) bond motifs is 1. The molecule has 1 aliphatic carbocycles. The monoisotopic (exact) mass is 422 g/mol. The fourth-order valence-electron chi connectivity index (χ4n) is 4.44. The molecule has 2 aliphatic rings. The van der Waals surface area contributed by atoms with Gasteiger partial charge in [0.15, 0.2) is 5.78 Å². The van der Waals surface area contributed by atoms with Crippen molar-refractivity contribution < 1.29 is 9.18 Å². The van der Waals surface area contributed by atoms with Gasteiger partial charge >= 0.3 is 0 Å². The van der Waals surface area contributed by atoms with Crippen molar-refractivity contribution >= 4 is 28.8 Å². The highest BCUT2D eigenvalue weighted by atomic mass is 32.1. The van der Waals surface area contributed by atoms with Gasteiger partial charge in [0.25, 0.3) is 0 Å². The molecule has 0 amide bonds. The van der Waals surface area contributed by atoms with Crippen LogP contribution in [0.25, 0.3) is 0 Å². The fourth-order valence-corrected chi connectivity index (χ4v) is 5.27. The zero-order chi connectivity index (χ0) is 20.7. The first-order valence-corrected chi connectivity index (χ1v) is 11.2. The lowest BCUT2D eigenvalue weighted by Gasteiger charge is -2.36. The number of carbonyl (C=O) groups is 1. The van der Waals surface area contributed by atoms with Gasteiger partial charge in [0.1, 0.15) is 5.82 Å². The van der Waals surface area contributed by atoms with Crippen LogP contribution < -0.4 is 9.80 Å². The van der Waals surface area contributed by atoms with Gasteiger partial charge in [-0.05, 0) is 49.1 Å². The van der Waals surface area contributed by atoms with Gasteiger partial charge in [-0.15, -0.1) is 11.3 Å². The van der Waals surface area contributed by atoms with Crippen molar-refractivity contribution in [2.24, 2.45) is 0 Å². The van der Waals surface area contributed by atoms with Crippen molar-refractivity contribution in [1.29, 1.82) is 0 Å². The molecule has 3 aromatic rings. The molecule has 1 aliphatic heterocycles. The van der Waals surface area contributed by atoms with E-state index >= 15 is 0 Å². The SMILES string of the molecule is Cc1nc(N2CCN(c3ccc(F)cc3)CC2)nc2c1C(=O)CC(c1cccs1)C2. The molecule has 1 fully saturated rings. The summed E-state index contributed by atoms with van der Waals surface area (Å²) in [6.07, 6.45) is 1.32. The van der Waals surface area contributed by atoms with Gasteiger partial charge < -0.3 is 9.80 Å². The van der Waals surface area contributed by atoms with Crippen LogP contribution in [0.1, 0.15) is 39.0 Å². The number of aryl methyl sites for hydroxylation is 1. The first-order chi connectivity index (χ1) is 14.6. The number of aromatic nitrogens is 2. The van der Waals surface area contributed by atoms with Crippen LogP contribution in [0.2, 0.25) is 0 Å². The minimum absolute atomic E-state index is 0.153. The molecular weight excluding hydrogens is 399 g/mol. The van der Waals surface area contributed by atoms with E-state index in [2.05, 4.69) is 26.2 Å². The number of nitrogens with zero attached hydrogens (tertiary/aromatic N) is 4. The molecule has 3 heterocycles. The number of piperazine rings is 1. The number of benzene rings is 1. The third-order valence-corrected chi connectivity index (χ3v) is 7.04. The minimum Gasteiger partial charge on any atom is -0.368 e. The van der Waals surface area contributed by atoms with E-state index in [1.807, 2.05) is 25.1 Å². The van der Waals surface area contributed by atoms with Gasteiger partial charge in [0.2, 0.25) is 5.95 Å². The summed E-state index contributed by atoms with van der Waals surface area (Å²) in [7, 11) is 0. The molecule has 1 saturated heterocycles. The number of anilines is 2. The molecule has 0 spiro atoms. The lowest BCUT2D eigenvalue weighted by Crippen LogP contribution is -2.47. The largest absolute Gasteiger partial charge is 0.368 e. The normalized spacial score (nSPS) is 19.1. The molecule has 5 nitrogen and oxygen atoms in total. The number of halogens is 1. The van der Waals surface area contributed by atoms with E-state index in [0.29, 0.717) is 12.4 Å². The summed E-state index contributed by atoms with van der Waals surface area (Å²) in [5, 5.41) is 2.06. The highest BCUT2D eigenvalue weighted by molar-refractivity contribution is 7.10. The lowest BCUT2D eigenvalue weighted by molar-refractivity contribution is 0.0962. The summed E-state index contributed by atoms with van der Waals surface area (Å²) in [4.78, 5) is 28.0. The zero-order valence-corrected chi connectivity index (χ0v) is 17.7. The minimum atomic E-state index is -0.217. The maximum atomic E-state index is 13.2. The van der Waals surface area contributed by atoms with Gasteiger partial charge in [0, 0.05) is 49.1 Å². The van der Waals surface area contributed by atoms with E-state index in [-0.39, 0.29) is 17.5 Å². The summed E-state index contributed by atoms with van der Waals surface area (Å²) in [6.45, 7) is 5.14. The first-order valence-electron chi connectivity index (χ1n) is 10.3. The van der Waals surface area contributed by atoms with Crippen molar-refractivity contribution in [2.45, 2.75) is 25.7 Å². The highest BCUT2D eigenvalue weighted by Gasteiger charge is 2.31. The number of rotatable bonds is 3. The van der Waals surface area contributed by atoms with Crippen molar-refractivity contribution in [2.75, 3.05) is 36.0 Å². The average molecular weight is 423 g/mol. The van der Waals surface area contributed by atoms with Crippen molar-refractivity contribution in [1.82, 2.24) is 9.97 Å². The summed E-state index contributed by atoms with van der Waals surface area (Å²) in [5.74, 6) is 0.859. The van der Waals surface area contributed by atoms with Crippen molar-refractivity contribution in [3.63, 3.8) is 0 Å². The van der Waals surface area contributed by atoms with Crippen LogP contribution in [-0.2, 0) is 6.42 Å². The third-order valence-electron chi connectivity index (χ3n) is 6.00. The smallest absolute Gasteiger partial charge is 0.225 e. The number of hydrogen-bond acceptors (Lipinski definition) is 6. The predicted octanol–water partition coefficient (Wildman–Crippen LogP) is 4.22. The Morgan fingerprint density at radius 3 is 2.43 bits per heavy atom. The highest BCUT2D eigenvalue weighted by Crippen LogP contribution is 2.35. The van der Waals surface area contributed by atoms with Gasteiger partial charge in [-0.2, -0.15) is 0 Å². The first kappa shape index (κ1) is 19.2. The molecular formula is C23H23FN4OS. The van der Waals surface area contributed by atoms with Crippen molar-refractivity contribution in [3.05, 3.63) is 69.4 Å². The molecule has 5 rings (SSSR count). The molecule has 154 valence electrons. The molecule has 0 bridgehead atoms.